The number of Topliss-reactive ketones (excluding diaryl/α,β-unsaturated/α-hetero) is 1. The molecule has 5 N–H and O–H groups in total. The van der Waals surface area contributed by atoms with E-state index in [-0.39, 0.29) is 24.8 Å². The van der Waals surface area contributed by atoms with Gasteiger partial charge in [-0.1, -0.05) is 31.5 Å². The van der Waals surface area contributed by atoms with Gasteiger partial charge in [-0.3, -0.25) is 14.2 Å². The number of carbonyl (C=O) groups is 4. The number of rotatable bonds is 7. The van der Waals surface area contributed by atoms with Gasteiger partial charge in [0.15, 0.2) is 5.78 Å². The Morgan fingerprint density at radius 3 is 2.62 bits per heavy atom. The topological polar surface area (TPSA) is 150 Å². The summed E-state index contributed by atoms with van der Waals surface area (Å²) in [7, 11) is 1.29. The number of esters is 1. The third kappa shape index (κ3) is 4.75. The molecule has 0 radical (unpaired) electrons. The Hall–Kier alpha value is -3.40. The Morgan fingerprint density at radius 1 is 1.25 bits per heavy atom. The van der Waals surface area contributed by atoms with Gasteiger partial charge in [0.05, 0.1) is 30.3 Å². The van der Waals surface area contributed by atoms with Crippen LogP contribution in [0.1, 0.15) is 32.6 Å². The Morgan fingerprint density at radius 2 is 1.97 bits per heavy atom. The van der Waals surface area contributed by atoms with Crippen LogP contribution >= 0.6 is 0 Å². The maximum absolute atomic E-state index is 13.1. The zero-order chi connectivity index (χ0) is 23.4. The number of nitrogens with zero attached hydrogens (tertiary/aromatic N) is 2. The minimum Gasteiger partial charge on any atom is -0.469 e. The SMILES string of the molecule is CCC[C@H](CC(=O)[C@@H]1C[C@H](N)CN1C(=O)Nc1cn(C(N)=O)c2ccccc12)C(=O)OC. The van der Waals surface area contributed by atoms with E-state index in [4.69, 9.17) is 16.2 Å². The van der Waals surface area contributed by atoms with E-state index in [9.17, 15) is 19.2 Å². The first-order valence-corrected chi connectivity index (χ1v) is 10.6. The molecule has 0 spiro atoms. The van der Waals surface area contributed by atoms with Gasteiger partial charge in [0.25, 0.3) is 0 Å². The van der Waals surface area contributed by atoms with Crippen LogP contribution in [0.3, 0.4) is 0 Å². The van der Waals surface area contributed by atoms with E-state index in [0.29, 0.717) is 29.4 Å². The Balaban J connectivity index is 1.80. The van der Waals surface area contributed by atoms with Crippen LogP contribution in [0.4, 0.5) is 15.3 Å². The number of anilines is 1. The summed E-state index contributed by atoms with van der Waals surface area (Å²) in [4.78, 5) is 51.3. The summed E-state index contributed by atoms with van der Waals surface area (Å²) < 4.78 is 6.06. The third-order valence-corrected chi connectivity index (χ3v) is 5.78. The lowest BCUT2D eigenvalue weighted by atomic mass is 9.93. The molecule has 1 saturated heterocycles. The molecule has 2 aromatic rings. The minimum atomic E-state index is -0.737. The number of fused-ring (bicyclic) bond motifs is 1. The number of urea groups is 1. The second kappa shape index (κ2) is 9.82. The minimum absolute atomic E-state index is 0.0112. The van der Waals surface area contributed by atoms with Gasteiger partial charge >= 0.3 is 18.0 Å². The fourth-order valence-corrected chi connectivity index (χ4v) is 4.24. The van der Waals surface area contributed by atoms with Crippen LogP contribution in [0.5, 0.6) is 0 Å². The van der Waals surface area contributed by atoms with Gasteiger partial charge in [-0.15, -0.1) is 0 Å². The highest BCUT2D eigenvalue weighted by Crippen LogP contribution is 2.28. The van der Waals surface area contributed by atoms with Crippen molar-refractivity contribution in [1.29, 1.82) is 0 Å². The number of para-hydroxylation sites is 1. The summed E-state index contributed by atoms with van der Waals surface area (Å²) in [5.41, 5.74) is 12.5. The lowest BCUT2D eigenvalue weighted by Gasteiger charge is -2.25. The first kappa shape index (κ1) is 23.3. The van der Waals surface area contributed by atoms with Gasteiger partial charge in [0.1, 0.15) is 0 Å². The molecular formula is C22H29N5O5. The van der Waals surface area contributed by atoms with Crippen molar-refractivity contribution in [3.63, 3.8) is 0 Å². The smallest absolute Gasteiger partial charge is 0.323 e. The van der Waals surface area contributed by atoms with Crippen LogP contribution in [0.15, 0.2) is 30.5 Å². The normalized spacial score (nSPS) is 19.0. The molecule has 1 aromatic heterocycles. The van der Waals surface area contributed by atoms with Crippen molar-refractivity contribution in [2.24, 2.45) is 17.4 Å². The van der Waals surface area contributed by atoms with E-state index >= 15 is 0 Å². The quantitative estimate of drug-likeness (QED) is 0.557. The predicted octanol–water partition coefficient (Wildman–Crippen LogP) is 2.05. The fourth-order valence-electron chi connectivity index (χ4n) is 4.24. The predicted molar refractivity (Wildman–Crippen MR) is 119 cm³/mol. The molecule has 1 aliphatic rings. The molecule has 2 heterocycles. The van der Waals surface area contributed by atoms with Crippen LogP contribution in [-0.4, -0.2) is 59.0 Å². The summed E-state index contributed by atoms with van der Waals surface area (Å²) in [5, 5.41) is 3.42. The molecule has 1 aromatic carbocycles. The number of nitrogens with one attached hydrogen (secondary N) is 1. The number of likely N-dealkylation sites (tertiary alicyclic amines) is 1. The molecule has 3 rings (SSSR count). The van der Waals surface area contributed by atoms with Crippen molar-refractivity contribution in [2.75, 3.05) is 19.0 Å². The number of methoxy groups -OCH3 is 1. The van der Waals surface area contributed by atoms with Gasteiger partial charge < -0.3 is 26.4 Å². The van der Waals surface area contributed by atoms with Gasteiger partial charge in [-0.25, -0.2) is 9.59 Å². The summed E-state index contributed by atoms with van der Waals surface area (Å²) in [5.74, 6) is -1.21. The summed E-state index contributed by atoms with van der Waals surface area (Å²) in [6.07, 6.45) is 3.01. The number of amides is 3. The van der Waals surface area contributed by atoms with Crippen LogP contribution in [0.2, 0.25) is 0 Å². The van der Waals surface area contributed by atoms with Gasteiger partial charge in [-0.2, -0.15) is 0 Å². The maximum atomic E-state index is 13.1. The molecule has 3 amide bonds. The Bertz CT molecular complexity index is 1030. The number of carbonyl (C=O) groups excluding carboxylic acids is 4. The van der Waals surface area contributed by atoms with E-state index in [1.807, 2.05) is 6.92 Å². The lowest BCUT2D eigenvalue weighted by Crippen LogP contribution is -2.44. The standard InChI is InChI=1S/C22H29N5O5/c1-3-6-13(20(29)32-2)9-19(28)18-10-14(23)11-27(18)22(31)25-16-12-26(21(24)30)17-8-5-4-7-15(16)17/h4-5,7-8,12-14,18H,3,6,9-11,23H2,1-2H3,(H2,24,30)(H,25,31)/t13-,14+,18+/m1/s1. The van der Waals surface area contributed by atoms with E-state index in [1.165, 1.54) is 22.8 Å². The molecule has 0 saturated carbocycles. The molecule has 1 fully saturated rings. The van der Waals surface area contributed by atoms with Crippen molar-refractivity contribution in [3.8, 4) is 0 Å². The zero-order valence-electron chi connectivity index (χ0n) is 18.2. The number of nitrogens with two attached hydrogens (primary N) is 2. The van der Waals surface area contributed by atoms with Crippen LogP contribution in [0.25, 0.3) is 10.9 Å². The molecule has 172 valence electrons. The highest BCUT2D eigenvalue weighted by Gasteiger charge is 2.39. The third-order valence-electron chi connectivity index (χ3n) is 5.78. The molecule has 0 aliphatic carbocycles. The number of ketones is 1. The van der Waals surface area contributed by atoms with Crippen molar-refractivity contribution < 1.29 is 23.9 Å². The van der Waals surface area contributed by atoms with Gasteiger partial charge in [0, 0.05) is 30.6 Å². The molecule has 32 heavy (non-hydrogen) atoms. The fraction of sp³-hybridized carbons (Fsp3) is 0.455. The first-order chi connectivity index (χ1) is 15.3. The zero-order valence-corrected chi connectivity index (χ0v) is 18.2. The number of benzene rings is 1. The van der Waals surface area contributed by atoms with Crippen LogP contribution in [-0.2, 0) is 14.3 Å². The van der Waals surface area contributed by atoms with Crippen LogP contribution < -0.4 is 16.8 Å². The number of hydrogen-bond acceptors (Lipinski definition) is 6. The Labute approximate surface area is 185 Å². The summed E-state index contributed by atoms with van der Waals surface area (Å²) >= 11 is 0. The van der Waals surface area contributed by atoms with Crippen molar-refractivity contribution in [1.82, 2.24) is 9.47 Å². The first-order valence-electron chi connectivity index (χ1n) is 10.6. The maximum Gasteiger partial charge on any atom is 0.323 e. The summed E-state index contributed by atoms with van der Waals surface area (Å²) in [6, 6.07) is 4.74. The molecule has 10 heteroatoms. The number of ether oxygens (including phenoxy) is 1. The van der Waals surface area contributed by atoms with Gasteiger partial charge in [-0.05, 0) is 18.9 Å². The number of aromatic nitrogens is 1. The molecule has 10 nitrogen and oxygen atoms in total. The van der Waals surface area contributed by atoms with E-state index in [1.54, 1.807) is 24.3 Å². The average molecular weight is 444 g/mol. The number of primary amides is 1. The highest BCUT2D eigenvalue weighted by atomic mass is 16.5. The number of hydrogen-bond donors (Lipinski definition) is 3. The molecule has 1 aliphatic heterocycles. The molecule has 0 unspecified atom stereocenters. The van der Waals surface area contributed by atoms with E-state index in [2.05, 4.69) is 5.32 Å². The molecular weight excluding hydrogens is 414 g/mol. The second-order valence-electron chi connectivity index (χ2n) is 8.04. The Kier molecular flexibility index (Phi) is 7.14. The molecule has 3 atom stereocenters. The van der Waals surface area contributed by atoms with E-state index in [0.717, 1.165) is 6.42 Å². The average Bonchev–Trinajstić information content (AvgIpc) is 3.34. The summed E-state index contributed by atoms with van der Waals surface area (Å²) in [6.45, 7) is 2.13. The van der Waals surface area contributed by atoms with Crippen molar-refractivity contribution in [3.05, 3.63) is 30.5 Å². The van der Waals surface area contributed by atoms with Crippen molar-refractivity contribution in [2.45, 2.75) is 44.7 Å². The second-order valence-corrected chi connectivity index (χ2v) is 8.04. The molecule has 0 bridgehead atoms. The van der Waals surface area contributed by atoms with E-state index < -0.39 is 30.0 Å². The monoisotopic (exact) mass is 443 g/mol. The van der Waals surface area contributed by atoms with Gasteiger partial charge in [0.2, 0.25) is 0 Å². The largest absolute Gasteiger partial charge is 0.469 e. The lowest BCUT2D eigenvalue weighted by molar-refractivity contribution is -0.147. The van der Waals surface area contributed by atoms with Crippen molar-refractivity contribution >= 4 is 40.4 Å². The van der Waals surface area contributed by atoms with Crippen LogP contribution in [0, 0.1) is 5.92 Å². The highest BCUT2D eigenvalue weighted by molar-refractivity contribution is 6.05.